The number of halogens is 2. The zero-order valence-electron chi connectivity index (χ0n) is 13.9. The zero-order valence-corrected chi connectivity index (χ0v) is 14.7. The number of nitrogens with zero attached hydrogens (tertiary/aromatic N) is 1. The third kappa shape index (κ3) is 4.66. The highest BCUT2D eigenvalue weighted by atomic mass is 32.1. The van der Waals surface area contributed by atoms with Crippen LogP contribution in [0.25, 0.3) is 0 Å². The second kappa shape index (κ2) is 8.25. The smallest absolute Gasteiger partial charge is 0.171 e. The number of nitrogens with one attached hydrogen (secondary N) is 2. The molecule has 25 heavy (non-hydrogen) atoms. The summed E-state index contributed by atoms with van der Waals surface area (Å²) in [6.45, 7) is 2.71. The molecule has 2 N–H and O–H groups in total. The van der Waals surface area contributed by atoms with Crippen molar-refractivity contribution in [3.63, 3.8) is 0 Å². The summed E-state index contributed by atoms with van der Waals surface area (Å²) in [4.78, 5) is 2.40. The van der Waals surface area contributed by atoms with Gasteiger partial charge in [-0.15, -0.1) is 0 Å². The molecule has 132 valence electrons. The van der Waals surface area contributed by atoms with Gasteiger partial charge in [0.25, 0.3) is 0 Å². The topological polar surface area (TPSA) is 27.3 Å². The SMILES string of the molecule is Fc1cccc(F)c1NC(=S)NCc1ccc(N2CCCCC2)cc1. The number of hydrogen-bond acceptors (Lipinski definition) is 2. The molecule has 3 rings (SSSR count). The van der Waals surface area contributed by atoms with Crippen LogP contribution in [-0.2, 0) is 6.54 Å². The Bertz CT molecular complexity index is 708. The first-order valence-corrected chi connectivity index (χ1v) is 8.87. The lowest BCUT2D eigenvalue weighted by atomic mass is 10.1. The summed E-state index contributed by atoms with van der Waals surface area (Å²) in [6, 6.07) is 12.0. The van der Waals surface area contributed by atoms with Crippen molar-refractivity contribution in [1.29, 1.82) is 0 Å². The van der Waals surface area contributed by atoms with Gasteiger partial charge in [0.15, 0.2) is 5.11 Å². The van der Waals surface area contributed by atoms with Gasteiger partial charge in [0.2, 0.25) is 0 Å². The fraction of sp³-hybridized carbons (Fsp3) is 0.316. The minimum absolute atomic E-state index is 0.184. The van der Waals surface area contributed by atoms with Gasteiger partial charge in [-0.2, -0.15) is 0 Å². The number of rotatable bonds is 4. The van der Waals surface area contributed by atoms with E-state index in [1.165, 1.54) is 43.1 Å². The number of anilines is 2. The Balaban J connectivity index is 1.53. The molecule has 0 unspecified atom stereocenters. The van der Waals surface area contributed by atoms with Gasteiger partial charge in [0, 0.05) is 25.3 Å². The first kappa shape index (κ1) is 17.6. The van der Waals surface area contributed by atoms with Crippen molar-refractivity contribution >= 4 is 28.7 Å². The molecule has 0 bridgehead atoms. The maximum atomic E-state index is 13.6. The van der Waals surface area contributed by atoms with Crippen molar-refractivity contribution in [2.24, 2.45) is 0 Å². The van der Waals surface area contributed by atoms with E-state index in [0.29, 0.717) is 6.54 Å². The average molecular weight is 361 g/mol. The monoisotopic (exact) mass is 361 g/mol. The highest BCUT2D eigenvalue weighted by molar-refractivity contribution is 7.80. The summed E-state index contributed by atoms with van der Waals surface area (Å²) in [5.74, 6) is -1.34. The van der Waals surface area contributed by atoms with Crippen LogP contribution in [0.5, 0.6) is 0 Å². The summed E-state index contributed by atoms with van der Waals surface area (Å²) in [5.41, 5.74) is 2.05. The van der Waals surface area contributed by atoms with Gasteiger partial charge in [-0.1, -0.05) is 18.2 Å². The third-order valence-corrected chi connectivity index (χ3v) is 4.56. The zero-order chi connectivity index (χ0) is 17.6. The van der Waals surface area contributed by atoms with Crippen LogP contribution >= 0.6 is 12.2 Å². The molecular formula is C19H21F2N3S. The Labute approximate surface area is 152 Å². The van der Waals surface area contributed by atoms with Crippen LogP contribution in [0.2, 0.25) is 0 Å². The predicted octanol–water partition coefficient (Wildman–Crippen LogP) is 4.44. The summed E-state index contributed by atoms with van der Waals surface area (Å²) in [6.07, 6.45) is 3.80. The fourth-order valence-corrected chi connectivity index (χ4v) is 3.11. The molecule has 0 saturated carbocycles. The highest BCUT2D eigenvalue weighted by Gasteiger charge is 2.11. The summed E-state index contributed by atoms with van der Waals surface area (Å²) in [7, 11) is 0. The van der Waals surface area contributed by atoms with Gasteiger partial charge >= 0.3 is 0 Å². The standard InChI is InChI=1S/C19H21F2N3S/c20-16-5-4-6-17(21)18(16)23-19(25)22-13-14-7-9-15(10-8-14)24-11-2-1-3-12-24/h4-10H,1-3,11-13H2,(H2,22,23,25). The van der Waals surface area contributed by atoms with Crippen molar-refractivity contribution in [2.75, 3.05) is 23.3 Å². The normalized spacial score (nSPS) is 14.2. The van der Waals surface area contributed by atoms with Gasteiger partial charge in [-0.05, 0) is 61.3 Å². The molecular weight excluding hydrogens is 340 g/mol. The van der Waals surface area contributed by atoms with Crippen LogP contribution in [0.15, 0.2) is 42.5 Å². The molecule has 2 aromatic rings. The number of thiocarbonyl (C=S) groups is 1. The molecule has 1 heterocycles. The second-order valence-corrected chi connectivity index (χ2v) is 6.53. The Hall–Kier alpha value is -2.21. The minimum Gasteiger partial charge on any atom is -0.372 e. The van der Waals surface area contributed by atoms with E-state index in [4.69, 9.17) is 12.2 Å². The van der Waals surface area contributed by atoms with E-state index in [2.05, 4.69) is 27.7 Å². The van der Waals surface area contributed by atoms with Crippen LogP contribution in [0.4, 0.5) is 20.2 Å². The first-order valence-electron chi connectivity index (χ1n) is 8.46. The van der Waals surface area contributed by atoms with E-state index in [9.17, 15) is 8.78 Å². The molecule has 1 aliphatic rings. The number of hydrogen-bond donors (Lipinski definition) is 2. The van der Waals surface area contributed by atoms with Gasteiger partial charge in [0.1, 0.15) is 17.3 Å². The summed E-state index contributed by atoms with van der Waals surface area (Å²) < 4.78 is 27.2. The first-order chi connectivity index (χ1) is 12.1. The number of benzene rings is 2. The Morgan fingerprint density at radius 3 is 2.24 bits per heavy atom. The molecule has 0 spiro atoms. The van der Waals surface area contributed by atoms with Gasteiger partial charge in [0.05, 0.1) is 0 Å². The predicted molar refractivity (Wildman–Crippen MR) is 102 cm³/mol. The molecule has 3 nitrogen and oxygen atoms in total. The molecule has 0 radical (unpaired) electrons. The molecule has 6 heteroatoms. The lowest BCUT2D eigenvalue weighted by Gasteiger charge is -2.28. The van der Waals surface area contributed by atoms with Crippen molar-refractivity contribution in [2.45, 2.75) is 25.8 Å². The quantitative estimate of drug-likeness (QED) is 0.787. The van der Waals surface area contributed by atoms with Crippen molar-refractivity contribution in [1.82, 2.24) is 5.32 Å². The van der Waals surface area contributed by atoms with E-state index < -0.39 is 11.6 Å². The van der Waals surface area contributed by atoms with Gasteiger partial charge in [-0.3, -0.25) is 0 Å². The van der Waals surface area contributed by atoms with E-state index in [1.54, 1.807) is 0 Å². The Morgan fingerprint density at radius 2 is 1.60 bits per heavy atom. The Morgan fingerprint density at radius 1 is 0.960 bits per heavy atom. The molecule has 2 aromatic carbocycles. The fourth-order valence-electron chi connectivity index (χ4n) is 2.93. The molecule has 1 fully saturated rings. The maximum absolute atomic E-state index is 13.6. The van der Waals surface area contributed by atoms with Gasteiger partial charge in [-0.25, -0.2) is 8.78 Å². The number of piperidine rings is 1. The molecule has 0 atom stereocenters. The van der Waals surface area contributed by atoms with Crippen molar-refractivity contribution < 1.29 is 8.78 Å². The van der Waals surface area contributed by atoms with E-state index in [0.717, 1.165) is 18.7 Å². The largest absolute Gasteiger partial charge is 0.372 e. The second-order valence-electron chi connectivity index (χ2n) is 6.12. The molecule has 0 aliphatic carbocycles. The molecule has 0 aromatic heterocycles. The van der Waals surface area contributed by atoms with Crippen molar-refractivity contribution in [3.8, 4) is 0 Å². The maximum Gasteiger partial charge on any atom is 0.171 e. The minimum atomic E-state index is -0.671. The van der Waals surface area contributed by atoms with E-state index in [1.807, 2.05) is 12.1 Å². The van der Waals surface area contributed by atoms with E-state index in [-0.39, 0.29) is 10.8 Å². The van der Waals surface area contributed by atoms with Crippen LogP contribution in [0.3, 0.4) is 0 Å². The van der Waals surface area contributed by atoms with Crippen LogP contribution < -0.4 is 15.5 Å². The van der Waals surface area contributed by atoms with Crippen LogP contribution in [0, 0.1) is 11.6 Å². The van der Waals surface area contributed by atoms with E-state index >= 15 is 0 Å². The van der Waals surface area contributed by atoms with Crippen LogP contribution in [-0.4, -0.2) is 18.2 Å². The molecule has 1 saturated heterocycles. The summed E-state index contributed by atoms with van der Waals surface area (Å²) >= 11 is 5.12. The third-order valence-electron chi connectivity index (χ3n) is 4.31. The molecule has 0 amide bonds. The van der Waals surface area contributed by atoms with Gasteiger partial charge < -0.3 is 15.5 Å². The number of para-hydroxylation sites is 1. The Kier molecular flexibility index (Phi) is 5.81. The summed E-state index contributed by atoms with van der Waals surface area (Å²) in [5, 5.41) is 5.73. The lowest BCUT2D eigenvalue weighted by Crippen LogP contribution is -2.29. The highest BCUT2D eigenvalue weighted by Crippen LogP contribution is 2.20. The lowest BCUT2D eigenvalue weighted by molar-refractivity contribution is 0.578. The van der Waals surface area contributed by atoms with Crippen LogP contribution in [0.1, 0.15) is 24.8 Å². The average Bonchev–Trinajstić information content (AvgIpc) is 2.64. The molecule has 1 aliphatic heterocycles. The van der Waals surface area contributed by atoms with Crippen molar-refractivity contribution in [3.05, 3.63) is 59.7 Å².